The molecule has 0 aliphatic heterocycles. The number of fused-ring (bicyclic) bond motifs is 1. The third kappa shape index (κ3) is 2.55. The first-order valence-electron chi connectivity index (χ1n) is 7.02. The fourth-order valence-electron chi connectivity index (χ4n) is 2.52. The van der Waals surface area contributed by atoms with E-state index < -0.39 is 0 Å². The Morgan fingerprint density at radius 3 is 2.71 bits per heavy atom. The number of hydrogen-bond acceptors (Lipinski definition) is 3. The number of phenols is 1. The van der Waals surface area contributed by atoms with Gasteiger partial charge in [-0.05, 0) is 43.2 Å². The highest BCUT2D eigenvalue weighted by atomic mass is 16.3. The van der Waals surface area contributed by atoms with Crippen molar-refractivity contribution in [3.63, 3.8) is 0 Å². The number of aryl methyl sites for hydroxylation is 2. The molecule has 21 heavy (non-hydrogen) atoms. The molecule has 0 atom stereocenters. The Morgan fingerprint density at radius 2 is 1.86 bits per heavy atom. The van der Waals surface area contributed by atoms with Gasteiger partial charge in [0.2, 0.25) is 0 Å². The van der Waals surface area contributed by atoms with E-state index in [1.54, 1.807) is 0 Å². The van der Waals surface area contributed by atoms with Crippen LogP contribution < -0.4 is 5.32 Å². The van der Waals surface area contributed by atoms with E-state index in [9.17, 15) is 5.11 Å². The van der Waals surface area contributed by atoms with Crippen LogP contribution in [0.15, 0.2) is 48.7 Å². The minimum Gasteiger partial charge on any atom is -0.507 e. The molecule has 1 aromatic heterocycles. The Hall–Kier alpha value is -2.55. The fraction of sp³-hybridized carbons (Fsp3) is 0.167. The van der Waals surface area contributed by atoms with Gasteiger partial charge in [-0.15, -0.1) is 0 Å². The lowest BCUT2D eigenvalue weighted by Crippen LogP contribution is -2.01. The van der Waals surface area contributed by atoms with Gasteiger partial charge in [0.25, 0.3) is 0 Å². The standard InChI is InChI=1S/C18H18N2O/c1-12-8-9-16(15-7-4-10-19-17(12)15)20-11-14-6-3-5-13(2)18(14)21/h3-10,20-21H,11H2,1-2H3. The van der Waals surface area contributed by atoms with Gasteiger partial charge in [-0.1, -0.05) is 24.3 Å². The Balaban J connectivity index is 1.92. The van der Waals surface area contributed by atoms with Crippen LogP contribution in [0.4, 0.5) is 5.69 Å². The van der Waals surface area contributed by atoms with Crippen LogP contribution in [-0.4, -0.2) is 10.1 Å². The number of rotatable bonds is 3. The summed E-state index contributed by atoms with van der Waals surface area (Å²) in [4.78, 5) is 4.44. The molecule has 3 nitrogen and oxygen atoms in total. The molecule has 3 rings (SSSR count). The summed E-state index contributed by atoms with van der Waals surface area (Å²) in [5.74, 6) is 0.361. The van der Waals surface area contributed by atoms with Gasteiger partial charge in [0.15, 0.2) is 0 Å². The number of nitrogens with one attached hydrogen (secondary N) is 1. The molecule has 0 aliphatic rings. The van der Waals surface area contributed by atoms with E-state index in [1.807, 2.05) is 37.4 Å². The lowest BCUT2D eigenvalue weighted by Gasteiger charge is -2.12. The Bertz CT molecular complexity index is 796. The second-order valence-electron chi connectivity index (χ2n) is 5.27. The molecule has 0 fully saturated rings. The molecule has 0 bridgehead atoms. The largest absolute Gasteiger partial charge is 0.507 e. The maximum absolute atomic E-state index is 10.1. The molecule has 2 N–H and O–H groups in total. The molecule has 0 spiro atoms. The highest BCUT2D eigenvalue weighted by molar-refractivity contribution is 5.93. The Morgan fingerprint density at radius 1 is 1.00 bits per heavy atom. The van der Waals surface area contributed by atoms with Crippen LogP contribution in [0.1, 0.15) is 16.7 Å². The predicted octanol–water partition coefficient (Wildman–Crippen LogP) is 4.17. The van der Waals surface area contributed by atoms with Gasteiger partial charge in [-0.25, -0.2) is 0 Å². The average molecular weight is 278 g/mol. The molecular weight excluding hydrogens is 260 g/mol. The van der Waals surface area contributed by atoms with Crippen LogP contribution in [0, 0.1) is 13.8 Å². The highest BCUT2D eigenvalue weighted by Crippen LogP contribution is 2.27. The van der Waals surface area contributed by atoms with Gasteiger partial charge < -0.3 is 10.4 Å². The molecule has 1 heterocycles. The normalized spacial score (nSPS) is 10.8. The van der Waals surface area contributed by atoms with E-state index in [4.69, 9.17) is 0 Å². The molecular formula is C18H18N2O. The van der Waals surface area contributed by atoms with Crippen LogP contribution in [0.25, 0.3) is 10.9 Å². The SMILES string of the molecule is Cc1cccc(CNc2ccc(C)c3ncccc23)c1O. The van der Waals surface area contributed by atoms with Crippen molar-refractivity contribution in [2.45, 2.75) is 20.4 Å². The first kappa shape index (κ1) is 13.4. The highest BCUT2D eigenvalue weighted by Gasteiger charge is 2.06. The average Bonchev–Trinajstić information content (AvgIpc) is 2.51. The number of anilines is 1. The van der Waals surface area contributed by atoms with Gasteiger partial charge in [0.05, 0.1) is 5.52 Å². The number of nitrogens with zero attached hydrogens (tertiary/aromatic N) is 1. The third-order valence-corrected chi connectivity index (χ3v) is 3.76. The number of para-hydroxylation sites is 1. The van der Waals surface area contributed by atoms with Crippen molar-refractivity contribution >= 4 is 16.6 Å². The number of aromatic nitrogens is 1. The quantitative estimate of drug-likeness (QED) is 0.755. The molecule has 0 amide bonds. The second-order valence-corrected chi connectivity index (χ2v) is 5.27. The van der Waals surface area contributed by atoms with Crippen molar-refractivity contribution in [1.82, 2.24) is 4.98 Å². The predicted molar refractivity (Wildman–Crippen MR) is 86.7 cm³/mol. The van der Waals surface area contributed by atoms with Crippen LogP contribution in [0.3, 0.4) is 0 Å². The first-order valence-corrected chi connectivity index (χ1v) is 7.02. The van der Waals surface area contributed by atoms with Crippen molar-refractivity contribution in [3.05, 3.63) is 65.4 Å². The zero-order valence-electron chi connectivity index (χ0n) is 12.2. The van der Waals surface area contributed by atoms with Gasteiger partial charge >= 0.3 is 0 Å². The smallest absolute Gasteiger partial charge is 0.123 e. The summed E-state index contributed by atoms with van der Waals surface area (Å²) in [6.45, 7) is 4.55. The van der Waals surface area contributed by atoms with Gasteiger partial charge in [0.1, 0.15) is 5.75 Å². The first-order chi connectivity index (χ1) is 10.2. The van der Waals surface area contributed by atoms with Gasteiger partial charge in [-0.2, -0.15) is 0 Å². The van der Waals surface area contributed by atoms with Crippen LogP contribution >= 0.6 is 0 Å². The molecule has 0 unspecified atom stereocenters. The third-order valence-electron chi connectivity index (χ3n) is 3.76. The van der Waals surface area contributed by atoms with E-state index in [0.29, 0.717) is 12.3 Å². The molecule has 0 saturated heterocycles. The summed E-state index contributed by atoms with van der Waals surface area (Å²) in [5, 5.41) is 14.6. The van der Waals surface area contributed by atoms with Crippen molar-refractivity contribution in [2.24, 2.45) is 0 Å². The van der Waals surface area contributed by atoms with E-state index in [0.717, 1.165) is 33.3 Å². The lowest BCUT2D eigenvalue weighted by atomic mass is 10.1. The monoisotopic (exact) mass is 278 g/mol. The summed E-state index contributed by atoms with van der Waals surface area (Å²) < 4.78 is 0. The summed E-state index contributed by atoms with van der Waals surface area (Å²) in [6, 6.07) is 13.9. The Labute approximate surface area is 124 Å². The second kappa shape index (κ2) is 5.44. The number of aromatic hydroxyl groups is 1. The van der Waals surface area contributed by atoms with Gasteiger partial charge in [0, 0.05) is 29.4 Å². The molecule has 0 aliphatic carbocycles. The summed E-state index contributed by atoms with van der Waals surface area (Å²) in [5.41, 5.74) is 4.99. The van der Waals surface area contributed by atoms with Crippen LogP contribution in [-0.2, 0) is 6.54 Å². The summed E-state index contributed by atoms with van der Waals surface area (Å²) >= 11 is 0. The fourth-order valence-corrected chi connectivity index (χ4v) is 2.52. The number of phenolic OH excluding ortho intramolecular Hbond substituents is 1. The van der Waals surface area contributed by atoms with E-state index in [1.165, 1.54) is 0 Å². The number of pyridine rings is 1. The molecule has 106 valence electrons. The molecule has 3 aromatic rings. The molecule has 0 radical (unpaired) electrons. The minimum atomic E-state index is 0.361. The summed E-state index contributed by atoms with van der Waals surface area (Å²) in [7, 11) is 0. The van der Waals surface area contributed by atoms with E-state index in [-0.39, 0.29) is 0 Å². The van der Waals surface area contributed by atoms with Crippen molar-refractivity contribution in [1.29, 1.82) is 0 Å². The molecule has 2 aromatic carbocycles. The molecule has 0 saturated carbocycles. The lowest BCUT2D eigenvalue weighted by molar-refractivity contribution is 0.465. The maximum Gasteiger partial charge on any atom is 0.123 e. The zero-order valence-corrected chi connectivity index (χ0v) is 12.2. The van der Waals surface area contributed by atoms with Crippen molar-refractivity contribution < 1.29 is 5.11 Å². The van der Waals surface area contributed by atoms with E-state index >= 15 is 0 Å². The van der Waals surface area contributed by atoms with Crippen LogP contribution in [0.2, 0.25) is 0 Å². The van der Waals surface area contributed by atoms with Crippen molar-refractivity contribution in [2.75, 3.05) is 5.32 Å². The molecule has 3 heteroatoms. The number of benzene rings is 2. The van der Waals surface area contributed by atoms with Gasteiger partial charge in [-0.3, -0.25) is 4.98 Å². The topological polar surface area (TPSA) is 45.2 Å². The Kier molecular flexibility index (Phi) is 3.48. The maximum atomic E-state index is 10.1. The van der Waals surface area contributed by atoms with Crippen molar-refractivity contribution in [3.8, 4) is 5.75 Å². The number of hydrogen-bond donors (Lipinski definition) is 2. The van der Waals surface area contributed by atoms with E-state index in [2.05, 4.69) is 35.4 Å². The zero-order chi connectivity index (χ0) is 14.8. The minimum absolute atomic E-state index is 0.361. The van der Waals surface area contributed by atoms with Crippen LogP contribution in [0.5, 0.6) is 5.75 Å². The summed E-state index contributed by atoms with van der Waals surface area (Å²) in [6.07, 6.45) is 1.81.